The maximum atomic E-state index is 5.90. The first-order chi connectivity index (χ1) is 8.67. The van der Waals surface area contributed by atoms with Gasteiger partial charge in [0.25, 0.3) is 0 Å². The molecule has 1 fully saturated rings. The summed E-state index contributed by atoms with van der Waals surface area (Å²) >= 11 is 0. The van der Waals surface area contributed by atoms with Gasteiger partial charge < -0.3 is 4.74 Å². The summed E-state index contributed by atoms with van der Waals surface area (Å²) in [6.45, 7) is 7.05. The summed E-state index contributed by atoms with van der Waals surface area (Å²) in [7, 11) is 0. The smallest absolute Gasteiger partial charge is 0.0810 e. The molecule has 100 valence electrons. The first kappa shape index (κ1) is 13.5. The molecule has 1 saturated carbocycles. The van der Waals surface area contributed by atoms with Crippen LogP contribution < -0.4 is 11.3 Å². The van der Waals surface area contributed by atoms with Crippen molar-refractivity contribution in [3.63, 3.8) is 0 Å². The fraction of sp³-hybridized carbons (Fsp3) is 0.600. The second-order valence-electron chi connectivity index (χ2n) is 5.25. The summed E-state index contributed by atoms with van der Waals surface area (Å²) < 4.78 is 5.90. The van der Waals surface area contributed by atoms with E-state index < -0.39 is 0 Å². The minimum Gasteiger partial charge on any atom is -0.376 e. The summed E-state index contributed by atoms with van der Waals surface area (Å²) in [5.74, 6) is 6.42. The molecule has 1 aliphatic rings. The van der Waals surface area contributed by atoms with Gasteiger partial charge in [-0.05, 0) is 56.2 Å². The summed E-state index contributed by atoms with van der Waals surface area (Å²) in [5, 5.41) is 0. The van der Waals surface area contributed by atoms with Gasteiger partial charge in [-0.25, -0.2) is 0 Å². The number of benzene rings is 1. The molecule has 2 rings (SSSR count). The molecular weight excluding hydrogens is 224 g/mol. The molecule has 0 saturated heterocycles. The first-order valence-corrected chi connectivity index (χ1v) is 6.82. The Balaban J connectivity index is 2.22. The molecule has 3 heteroatoms. The second kappa shape index (κ2) is 5.83. The molecule has 0 aliphatic heterocycles. The van der Waals surface area contributed by atoms with Crippen LogP contribution in [0.2, 0.25) is 0 Å². The maximum absolute atomic E-state index is 5.90. The van der Waals surface area contributed by atoms with E-state index in [1.165, 1.54) is 29.5 Å². The Morgan fingerprint density at radius 1 is 1.33 bits per heavy atom. The molecule has 3 N–H and O–H groups in total. The summed E-state index contributed by atoms with van der Waals surface area (Å²) in [5.41, 5.74) is 6.79. The van der Waals surface area contributed by atoms with Crippen molar-refractivity contribution in [1.82, 2.24) is 5.43 Å². The third-order valence-corrected chi connectivity index (χ3v) is 3.84. The van der Waals surface area contributed by atoms with Crippen molar-refractivity contribution in [2.45, 2.75) is 45.8 Å². The van der Waals surface area contributed by atoms with E-state index in [-0.39, 0.29) is 12.1 Å². The molecular formula is C15H24N2O. The highest BCUT2D eigenvalue weighted by molar-refractivity contribution is 5.32. The van der Waals surface area contributed by atoms with Gasteiger partial charge in [0.1, 0.15) is 0 Å². The van der Waals surface area contributed by atoms with Crippen LogP contribution in [0, 0.1) is 19.8 Å². The van der Waals surface area contributed by atoms with Gasteiger partial charge in [0.15, 0.2) is 0 Å². The Morgan fingerprint density at radius 3 is 2.56 bits per heavy atom. The Kier molecular flexibility index (Phi) is 4.38. The van der Waals surface area contributed by atoms with Crippen molar-refractivity contribution >= 4 is 0 Å². The molecule has 2 unspecified atom stereocenters. The zero-order valence-electron chi connectivity index (χ0n) is 11.6. The lowest BCUT2D eigenvalue weighted by atomic mass is 9.95. The van der Waals surface area contributed by atoms with Crippen molar-refractivity contribution in [2.75, 3.05) is 6.61 Å². The average molecular weight is 248 g/mol. The van der Waals surface area contributed by atoms with Crippen molar-refractivity contribution in [3.8, 4) is 0 Å². The Morgan fingerprint density at radius 2 is 2.06 bits per heavy atom. The second-order valence-corrected chi connectivity index (χ2v) is 5.25. The molecule has 0 amide bonds. The summed E-state index contributed by atoms with van der Waals surface area (Å²) in [6, 6.07) is 6.62. The van der Waals surface area contributed by atoms with Crippen LogP contribution in [-0.4, -0.2) is 12.7 Å². The number of nitrogens with one attached hydrogen (secondary N) is 1. The van der Waals surface area contributed by atoms with Gasteiger partial charge in [0.05, 0.1) is 12.1 Å². The molecule has 0 spiro atoms. The monoisotopic (exact) mass is 248 g/mol. The molecule has 3 nitrogen and oxygen atoms in total. The predicted molar refractivity (Wildman–Crippen MR) is 74.1 cm³/mol. The molecule has 18 heavy (non-hydrogen) atoms. The summed E-state index contributed by atoms with van der Waals surface area (Å²) in [6.07, 6.45) is 2.71. The van der Waals surface area contributed by atoms with Crippen LogP contribution >= 0.6 is 0 Å². The van der Waals surface area contributed by atoms with Crippen molar-refractivity contribution < 1.29 is 4.74 Å². The van der Waals surface area contributed by atoms with E-state index >= 15 is 0 Å². The highest BCUT2D eigenvalue weighted by Crippen LogP contribution is 2.40. The van der Waals surface area contributed by atoms with Crippen LogP contribution in [0.15, 0.2) is 18.2 Å². The number of aryl methyl sites for hydroxylation is 2. The maximum Gasteiger partial charge on any atom is 0.0810 e. The minimum atomic E-state index is 0.0942. The van der Waals surface area contributed by atoms with E-state index in [9.17, 15) is 0 Å². The van der Waals surface area contributed by atoms with Gasteiger partial charge in [-0.3, -0.25) is 11.3 Å². The third-order valence-electron chi connectivity index (χ3n) is 3.84. The molecule has 2 atom stereocenters. The normalized spacial score (nSPS) is 18.7. The topological polar surface area (TPSA) is 47.3 Å². The van der Waals surface area contributed by atoms with E-state index in [1.54, 1.807) is 0 Å². The van der Waals surface area contributed by atoms with E-state index in [4.69, 9.17) is 10.6 Å². The number of rotatable bonds is 6. The Bertz CT molecular complexity index is 401. The number of hydrazine groups is 1. The van der Waals surface area contributed by atoms with E-state index in [0.29, 0.717) is 5.92 Å². The van der Waals surface area contributed by atoms with Gasteiger partial charge in [0, 0.05) is 6.61 Å². The van der Waals surface area contributed by atoms with Crippen LogP contribution in [0.4, 0.5) is 0 Å². The first-order valence-electron chi connectivity index (χ1n) is 6.82. The lowest BCUT2D eigenvalue weighted by Crippen LogP contribution is -2.39. The summed E-state index contributed by atoms with van der Waals surface area (Å²) in [4.78, 5) is 0. The predicted octanol–water partition coefficient (Wildman–Crippen LogP) is 2.62. The van der Waals surface area contributed by atoms with E-state index in [1.807, 2.05) is 6.92 Å². The molecule has 0 radical (unpaired) electrons. The lowest BCUT2D eigenvalue weighted by Gasteiger charge is -2.27. The van der Waals surface area contributed by atoms with Crippen LogP contribution in [0.1, 0.15) is 42.5 Å². The van der Waals surface area contributed by atoms with Crippen LogP contribution in [0.5, 0.6) is 0 Å². The number of hydrogen-bond donors (Lipinski definition) is 2. The largest absolute Gasteiger partial charge is 0.376 e. The number of ether oxygens (including phenoxy) is 1. The Hall–Kier alpha value is -0.900. The minimum absolute atomic E-state index is 0.0942. The van der Waals surface area contributed by atoms with E-state index in [2.05, 4.69) is 37.5 Å². The molecule has 1 aromatic carbocycles. The third kappa shape index (κ3) is 2.91. The van der Waals surface area contributed by atoms with E-state index in [0.717, 1.165) is 6.61 Å². The molecule has 0 aromatic heterocycles. The number of nitrogens with two attached hydrogens (primary N) is 1. The van der Waals surface area contributed by atoms with Crippen LogP contribution in [-0.2, 0) is 4.74 Å². The van der Waals surface area contributed by atoms with Crippen molar-refractivity contribution in [2.24, 2.45) is 11.8 Å². The van der Waals surface area contributed by atoms with Gasteiger partial charge in [0.2, 0.25) is 0 Å². The SMILES string of the molecule is CCOC(C1CC1)C(NN)c1ccc(C)c(C)c1. The molecule has 0 bridgehead atoms. The Labute approximate surface area is 110 Å². The zero-order chi connectivity index (χ0) is 13.1. The fourth-order valence-corrected chi connectivity index (χ4v) is 2.46. The fourth-order valence-electron chi connectivity index (χ4n) is 2.46. The quantitative estimate of drug-likeness (QED) is 0.601. The molecule has 1 aliphatic carbocycles. The zero-order valence-corrected chi connectivity index (χ0v) is 11.6. The van der Waals surface area contributed by atoms with Crippen LogP contribution in [0.25, 0.3) is 0 Å². The van der Waals surface area contributed by atoms with Gasteiger partial charge in [-0.15, -0.1) is 0 Å². The van der Waals surface area contributed by atoms with Crippen molar-refractivity contribution in [3.05, 3.63) is 34.9 Å². The van der Waals surface area contributed by atoms with Crippen LogP contribution in [0.3, 0.4) is 0 Å². The lowest BCUT2D eigenvalue weighted by molar-refractivity contribution is 0.0185. The van der Waals surface area contributed by atoms with Gasteiger partial charge in [-0.2, -0.15) is 0 Å². The highest BCUT2D eigenvalue weighted by Gasteiger charge is 2.37. The highest BCUT2D eigenvalue weighted by atomic mass is 16.5. The standard InChI is InChI=1S/C15H24N2O/c1-4-18-15(12-7-8-12)14(17-16)13-6-5-10(2)11(3)9-13/h5-6,9,12,14-15,17H,4,7-8,16H2,1-3H3. The molecule has 1 aromatic rings. The van der Waals surface area contributed by atoms with Gasteiger partial charge in [-0.1, -0.05) is 18.2 Å². The van der Waals surface area contributed by atoms with Crippen molar-refractivity contribution in [1.29, 1.82) is 0 Å². The molecule has 0 heterocycles. The van der Waals surface area contributed by atoms with Gasteiger partial charge >= 0.3 is 0 Å². The average Bonchev–Trinajstić information content (AvgIpc) is 3.17. The number of hydrogen-bond acceptors (Lipinski definition) is 3.